The summed E-state index contributed by atoms with van der Waals surface area (Å²) in [6.07, 6.45) is 3.31. The Morgan fingerprint density at radius 1 is 1.56 bits per heavy atom. The highest BCUT2D eigenvalue weighted by molar-refractivity contribution is 5.96. The Labute approximate surface area is 106 Å². The summed E-state index contributed by atoms with van der Waals surface area (Å²) in [5, 5.41) is 13.2. The predicted octanol–water partition coefficient (Wildman–Crippen LogP) is -0.0641. The van der Waals surface area contributed by atoms with Crippen LogP contribution in [0.4, 0.5) is 0 Å². The Morgan fingerprint density at radius 2 is 2.44 bits per heavy atom. The van der Waals surface area contributed by atoms with Gasteiger partial charge in [0.2, 0.25) is 5.78 Å². The lowest BCUT2D eigenvalue weighted by Crippen LogP contribution is -2.23. The number of aromatic amines is 1. The molecule has 0 bridgehead atoms. The monoisotopic (exact) mass is 250 g/mol. The van der Waals surface area contributed by atoms with E-state index in [1.54, 1.807) is 13.1 Å². The van der Waals surface area contributed by atoms with Gasteiger partial charge in [-0.15, -0.1) is 0 Å². The van der Waals surface area contributed by atoms with Gasteiger partial charge in [0.15, 0.2) is 0 Å². The van der Waals surface area contributed by atoms with Crippen LogP contribution in [0.1, 0.15) is 19.0 Å². The van der Waals surface area contributed by atoms with Gasteiger partial charge < -0.3 is 10.1 Å². The van der Waals surface area contributed by atoms with E-state index >= 15 is 0 Å². The second-order valence-electron chi connectivity index (χ2n) is 3.65. The van der Waals surface area contributed by atoms with Crippen molar-refractivity contribution in [3.8, 4) is 11.8 Å². The lowest BCUT2D eigenvalue weighted by molar-refractivity contribution is -0.113. The molecule has 0 saturated heterocycles. The summed E-state index contributed by atoms with van der Waals surface area (Å²) >= 11 is 0. The number of ketones is 1. The van der Waals surface area contributed by atoms with Gasteiger partial charge in [0, 0.05) is 13.0 Å². The Kier molecular flexibility index (Phi) is 7.44. The van der Waals surface area contributed by atoms with Gasteiger partial charge in [-0.3, -0.25) is 4.79 Å². The fourth-order valence-electron chi connectivity index (χ4n) is 1.31. The molecule has 1 rings (SSSR count). The normalized spacial score (nSPS) is 9.83. The highest BCUT2D eigenvalue weighted by Gasteiger charge is 1.97. The third-order valence-corrected chi connectivity index (χ3v) is 2.16. The van der Waals surface area contributed by atoms with E-state index in [1.165, 1.54) is 0 Å². The molecular formula is C12H18N4O2. The first-order valence-electron chi connectivity index (χ1n) is 5.91. The molecule has 18 heavy (non-hydrogen) atoms. The Hall–Kier alpha value is -1.71. The van der Waals surface area contributed by atoms with Gasteiger partial charge in [0.1, 0.15) is 0 Å². The maximum absolute atomic E-state index is 11.0. The van der Waals surface area contributed by atoms with Crippen molar-refractivity contribution < 1.29 is 9.53 Å². The molecule has 2 N–H and O–H groups in total. The number of carbonyl (C=O) groups is 1. The molecule has 0 unspecified atom stereocenters. The first-order chi connectivity index (χ1) is 8.83. The van der Waals surface area contributed by atoms with Gasteiger partial charge in [-0.1, -0.05) is 5.92 Å². The molecule has 6 heteroatoms. The van der Waals surface area contributed by atoms with E-state index in [0.29, 0.717) is 19.8 Å². The lowest BCUT2D eigenvalue weighted by atomic mass is 10.3. The minimum absolute atomic E-state index is 0.0792. The van der Waals surface area contributed by atoms with Crippen molar-refractivity contribution >= 4 is 5.78 Å². The molecule has 0 aliphatic carbocycles. The van der Waals surface area contributed by atoms with E-state index in [1.807, 2.05) is 0 Å². The number of nitrogens with zero attached hydrogens (tertiary/aromatic N) is 2. The minimum Gasteiger partial charge on any atom is -0.381 e. The van der Waals surface area contributed by atoms with Crippen LogP contribution in [0.3, 0.4) is 0 Å². The van der Waals surface area contributed by atoms with Crippen molar-refractivity contribution in [2.45, 2.75) is 19.8 Å². The fourth-order valence-corrected chi connectivity index (χ4v) is 1.31. The number of hydrogen-bond donors (Lipinski definition) is 2. The average molecular weight is 250 g/mol. The molecule has 0 atom stereocenters. The minimum atomic E-state index is -0.0792. The van der Waals surface area contributed by atoms with E-state index < -0.39 is 0 Å². The van der Waals surface area contributed by atoms with Crippen molar-refractivity contribution in [2.75, 3.05) is 26.3 Å². The third-order valence-electron chi connectivity index (χ3n) is 2.16. The lowest BCUT2D eigenvalue weighted by Gasteiger charge is -2.03. The maximum Gasteiger partial charge on any atom is 0.219 e. The molecule has 0 saturated carbocycles. The van der Waals surface area contributed by atoms with Gasteiger partial charge >= 0.3 is 0 Å². The van der Waals surface area contributed by atoms with E-state index in [0.717, 1.165) is 25.1 Å². The molecule has 98 valence electrons. The molecule has 0 radical (unpaired) electrons. The molecule has 0 aliphatic heterocycles. The summed E-state index contributed by atoms with van der Waals surface area (Å²) in [7, 11) is 0. The number of hydrogen-bond acceptors (Lipinski definition) is 5. The van der Waals surface area contributed by atoms with Crippen LogP contribution in [0.2, 0.25) is 0 Å². The maximum atomic E-state index is 11.0. The molecule has 1 heterocycles. The van der Waals surface area contributed by atoms with Crippen molar-refractivity contribution in [3.63, 3.8) is 0 Å². The zero-order valence-electron chi connectivity index (χ0n) is 10.5. The number of carbonyl (C=O) groups excluding carboxylic acids is 1. The molecule has 6 nitrogen and oxygen atoms in total. The standard InChI is InChI=1S/C12H18N4O2/c1-2-4-12(17)10-13-6-3-7-18-8-5-11-9-14-16-15-11/h9,13H,3,5-8,10H2,1H3,(H,14,15,16). The predicted molar refractivity (Wildman–Crippen MR) is 66.8 cm³/mol. The van der Waals surface area contributed by atoms with Crippen LogP contribution >= 0.6 is 0 Å². The second kappa shape index (κ2) is 9.33. The van der Waals surface area contributed by atoms with Crippen molar-refractivity contribution in [1.82, 2.24) is 20.7 Å². The Morgan fingerprint density at radius 3 is 3.17 bits per heavy atom. The first-order valence-corrected chi connectivity index (χ1v) is 5.91. The smallest absolute Gasteiger partial charge is 0.219 e. The van der Waals surface area contributed by atoms with Crippen LogP contribution in [0.15, 0.2) is 6.20 Å². The number of H-pyrrole nitrogens is 1. The van der Waals surface area contributed by atoms with Gasteiger partial charge in [-0.25, -0.2) is 0 Å². The summed E-state index contributed by atoms with van der Waals surface area (Å²) in [6, 6.07) is 0. The van der Waals surface area contributed by atoms with E-state index in [2.05, 4.69) is 32.6 Å². The highest BCUT2D eigenvalue weighted by atomic mass is 16.5. The van der Waals surface area contributed by atoms with Crippen LogP contribution in [-0.4, -0.2) is 47.5 Å². The van der Waals surface area contributed by atoms with Crippen molar-refractivity contribution in [1.29, 1.82) is 0 Å². The highest BCUT2D eigenvalue weighted by Crippen LogP contribution is 1.91. The Bertz CT molecular complexity index is 392. The van der Waals surface area contributed by atoms with Crippen LogP contribution < -0.4 is 5.32 Å². The third kappa shape index (κ3) is 6.78. The van der Waals surface area contributed by atoms with Gasteiger partial charge in [-0.2, -0.15) is 15.4 Å². The zero-order valence-corrected chi connectivity index (χ0v) is 10.5. The topological polar surface area (TPSA) is 79.9 Å². The van der Waals surface area contributed by atoms with Crippen LogP contribution in [0, 0.1) is 11.8 Å². The van der Waals surface area contributed by atoms with Crippen LogP contribution in [0.25, 0.3) is 0 Å². The van der Waals surface area contributed by atoms with Gasteiger partial charge in [0.05, 0.1) is 25.0 Å². The SMILES string of the molecule is CC#CC(=O)CNCCCOCCc1cn[nH]n1. The summed E-state index contributed by atoms with van der Waals surface area (Å²) in [4.78, 5) is 11.0. The Balaban J connectivity index is 1.86. The summed E-state index contributed by atoms with van der Waals surface area (Å²) in [6.45, 7) is 4.01. The molecule has 0 spiro atoms. The average Bonchev–Trinajstić information content (AvgIpc) is 2.86. The van der Waals surface area contributed by atoms with Crippen molar-refractivity contribution in [3.05, 3.63) is 11.9 Å². The zero-order chi connectivity index (χ0) is 13.1. The first kappa shape index (κ1) is 14.4. The van der Waals surface area contributed by atoms with E-state index in [9.17, 15) is 4.79 Å². The number of aromatic nitrogens is 3. The molecule has 1 aromatic rings. The second-order valence-corrected chi connectivity index (χ2v) is 3.65. The van der Waals surface area contributed by atoms with Gasteiger partial charge in [-0.05, 0) is 25.8 Å². The quantitative estimate of drug-likeness (QED) is 0.364. The molecule has 0 aromatic carbocycles. The van der Waals surface area contributed by atoms with Crippen LogP contribution in [-0.2, 0) is 16.0 Å². The van der Waals surface area contributed by atoms with Gasteiger partial charge in [0.25, 0.3) is 0 Å². The summed E-state index contributed by atoms with van der Waals surface area (Å²) in [5.74, 6) is 4.97. The summed E-state index contributed by atoms with van der Waals surface area (Å²) in [5.41, 5.74) is 0.900. The molecule has 1 aromatic heterocycles. The molecule has 0 amide bonds. The molecule has 0 aliphatic rings. The number of ether oxygens (including phenoxy) is 1. The van der Waals surface area contributed by atoms with Crippen LogP contribution in [0.5, 0.6) is 0 Å². The van der Waals surface area contributed by atoms with Crippen molar-refractivity contribution in [2.24, 2.45) is 0 Å². The van der Waals surface area contributed by atoms with E-state index in [4.69, 9.17) is 4.74 Å². The molecule has 0 fully saturated rings. The fraction of sp³-hybridized carbons (Fsp3) is 0.583. The molecular weight excluding hydrogens is 232 g/mol. The largest absolute Gasteiger partial charge is 0.381 e. The summed E-state index contributed by atoms with van der Waals surface area (Å²) < 4.78 is 5.43. The number of rotatable bonds is 9. The number of nitrogens with one attached hydrogen (secondary N) is 2. The van der Waals surface area contributed by atoms with E-state index in [-0.39, 0.29) is 5.78 Å². The number of Topliss-reactive ketones (excluding diaryl/α,β-unsaturated/α-hetero) is 1.